The molecule has 0 aromatic heterocycles. The molecule has 2 amide bonds. The van der Waals surface area contributed by atoms with Crippen LogP contribution in [-0.4, -0.2) is 37.0 Å². The summed E-state index contributed by atoms with van der Waals surface area (Å²) in [5, 5.41) is 6.11. The van der Waals surface area contributed by atoms with Crippen molar-refractivity contribution in [3.8, 4) is 5.75 Å². The number of hydrogen-bond donors (Lipinski definition) is 2. The Labute approximate surface area is 168 Å². The van der Waals surface area contributed by atoms with Crippen molar-refractivity contribution in [1.29, 1.82) is 0 Å². The zero-order valence-electron chi connectivity index (χ0n) is 15.5. The number of carbonyl (C=O) groups is 2. The van der Waals surface area contributed by atoms with Gasteiger partial charge in [-0.3, -0.25) is 9.59 Å². The third-order valence-corrected chi connectivity index (χ3v) is 4.84. The van der Waals surface area contributed by atoms with E-state index >= 15 is 0 Å². The lowest BCUT2D eigenvalue weighted by Crippen LogP contribution is -2.44. The average molecular weight is 407 g/mol. The number of nitrogens with one attached hydrogen (secondary N) is 2. The maximum absolute atomic E-state index is 12.8. The number of aryl methyl sites for hydroxylation is 1. The Kier molecular flexibility index (Phi) is 8.00. The van der Waals surface area contributed by atoms with Crippen LogP contribution in [0.5, 0.6) is 5.75 Å². The SMILES string of the molecule is COc1ccc(Cl)cc1NC(=O)[C@@H](CCSC)NC(=O)c1ccc(C)cc1. The van der Waals surface area contributed by atoms with Gasteiger partial charge < -0.3 is 15.4 Å². The molecule has 7 heteroatoms. The topological polar surface area (TPSA) is 67.4 Å². The summed E-state index contributed by atoms with van der Waals surface area (Å²) in [6, 6.07) is 11.5. The summed E-state index contributed by atoms with van der Waals surface area (Å²) >= 11 is 7.63. The van der Waals surface area contributed by atoms with Crippen LogP contribution in [0.2, 0.25) is 5.02 Å². The molecular formula is C20H23ClN2O3S. The van der Waals surface area contributed by atoms with Gasteiger partial charge in [-0.2, -0.15) is 11.8 Å². The Morgan fingerprint density at radius 1 is 1.19 bits per heavy atom. The van der Waals surface area contributed by atoms with Crippen molar-refractivity contribution < 1.29 is 14.3 Å². The number of carbonyl (C=O) groups excluding carboxylic acids is 2. The number of methoxy groups -OCH3 is 1. The number of amides is 2. The second-order valence-electron chi connectivity index (χ2n) is 6.01. The van der Waals surface area contributed by atoms with Crippen LogP contribution in [0.1, 0.15) is 22.3 Å². The Bertz CT molecular complexity index is 796. The summed E-state index contributed by atoms with van der Waals surface area (Å²) in [5.74, 6) is 0.638. The maximum Gasteiger partial charge on any atom is 0.251 e. The first kappa shape index (κ1) is 21.1. The molecule has 1 atom stereocenters. The van der Waals surface area contributed by atoms with E-state index in [1.165, 1.54) is 7.11 Å². The highest BCUT2D eigenvalue weighted by atomic mass is 35.5. The Hall–Kier alpha value is -2.18. The molecule has 0 aliphatic heterocycles. The average Bonchev–Trinajstić information content (AvgIpc) is 2.65. The number of rotatable bonds is 8. The van der Waals surface area contributed by atoms with Gasteiger partial charge in [-0.1, -0.05) is 29.3 Å². The van der Waals surface area contributed by atoms with Crippen LogP contribution in [0.15, 0.2) is 42.5 Å². The second-order valence-corrected chi connectivity index (χ2v) is 7.43. The zero-order chi connectivity index (χ0) is 19.8. The van der Waals surface area contributed by atoms with E-state index in [1.54, 1.807) is 42.1 Å². The van der Waals surface area contributed by atoms with Crippen molar-refractivity contribution in [2.45, 2.75) is 19.4 Å². The summed E-state index contributed by atoms with van der Waals surface area (Å²) in [6.07, 6.45) is 2.46. The molecule has 27 heavy (non-hydrogen) atoms. The van der Waals surface area contributed by atoms with E-state index in [0.717, 1.165) is 11.3 Å². The monoisotopic (exact) mass is 406 g/mol. The predicted octanol–water partition coefficient (Wildman–Crippen LogP) is 4.15. The van der Waals surface area contributed by atoms with Crippen LogP contribution in [0.25, 0.3) is 0 Å². The van der Waals surface area contributed by atoms with Crippen LogP contribution >= 0.6 is 23.4 Å². The molecule has 0 spiro atoms. The predicted molar refractivity (Wildman–Crippen MR) is 112 cm³/mol. The number of ether oxygens (including phenoxy) is 1. The standard InChI is InChI=1S/C20H23ClN2O3S/c1-13-4-6-14(7-5-13)19(24)22-16(10-11-27-3)20(25)23-17-12-15(21)8-9-18(17)26-2/h4-9,12,16H,10-11H2,1-3H3,(H,22,24)(H,23,25)/t16-/m1/s1. The lowest BCUT2D eigenvalue weighted by molar-refractivity contribution is -0.118. The zero-order valence-corrected chi connectivity index (χ0v) is 17.1. The third kappa shape index (κ3) is 6.19. The van der Waals surface area contributed by atoms with E-state index in [0.29, 0.717) is 28.4 Å². The van der Waals surface area contributed by atoms with Gasteiger partial charge in [-0.25, -0.2) is 0 Å². The first-order valence-corrected chi connectivity index (χ1v) is 10.2. The van der Waals surface area contributed by atoms with Crippen LogP contribution in [0.4, 0.5) is 5.69 Å². The highest BCUT2D eigenvalue weighted by Gasteiger charge is 2.22. The first-order chi connectivity index (χ1) is 12.9. The van der Waals surface area contributed by atoms with E-state index in [4.69, 9.17) is 16.3 Å². The van der Waals surface area contributed by atoms with Gasteiger partial charge in [0.1, 0.15) is 11.8 Å². The molecule has 5 nitrogen and oxygen atoms in total. The van der Waals surface area contributed by atoms with Crippen molar-refractivity contribution in [2.75, 3.05) is 24.4 Å². The number of anilines is 1. The Morgan fingerprint density at radius 3 is 2.52 bits per heavy atom. The normalized spacial score (nSPS) is 11.6. The highest BCUT2D eigenvalue weighted by molar-refractivity contribution is 7.98. The quantitative estimate of drug-likeness (QED) is 0.691. The van der Waals surface area contributed by atoms with E-state index < -0.39 is 6.04 Å². The molecule has 0 saturated heterocycles. The number of benzene rings is 2. The lowest BCUT2D eigenvalue weighted by Gasteiger charge is -2.19. The molecule has 0 radical (unpaired) electrons. The van der Waals surface area contributed by atoms with Crippen molar-refractivity contribution >= 4 is 40.9 Å². The molecule has 0 heterocycles. The molecule has 0 unspecified atom stereocenters. The van der Waals surface area contributed by atoms with Gasteiger partial charge in [-0.05, 0) is 55.7 Å². The molecule has 0 aliphatic carbocycles. The number of hydrogen-bond acceptors (Lipinski definition) is 4. The number of halogens is 1. The molecule has 0 aliphatic rings. The van der Waals surface area contributed by atoms with Crippen molar-refractivity contribution in [2.24, 2.45) is 0 Å². The van der Waals surface area contributed by atoms with E-state index in [9.17, 15) is 9.59 Å². The van der Waals surface area contributed by atoms with Gasteiger partial charge in [0.05, 0.1) is 12.8 Å². The fourth-order valence-corrected chi connectivity index (χ4v) is 3.09. The third-order valence-electron chi connectivity index (χ3n) is 3.97. The van der Waals surface area contributed by atoms with Gasteiger partial charge in [0.25, 0.3) is 5.91 Å². The second kappa shape index (κ2) is 10.2. The minimum atomic E-state index is -0.671. The van der Waals surface area contributed by atoms with Crippen molar-refractivity contribution in [3.63, 3.8) is 0 Å². The molecule has 2 N–H and O–H groups in total. The summed E-state index contributed by atoms with van der Waals surface area (Å²) < 4.78 is 5.26. The number of thioether (sulfide) groups is 1. The van der Waals surface area contributed by atoms with Crippen molar-refractivity contribution in [1.82, 2.24) is 5.32 Å². The minimum Gasteiger partial charge on any atom is -0.495 e. The Balaban J connectivity index is 2.14. The van der Waals surface area contributed by atoms with Gasteiger partial charge in [0.2, 0.25) is 5.91 Å². The molecule has 2 aromatic rings. The molecular weight excluding hydrogens is 384 g/mol. The summed E-state index contributed by atoms with van der Waals surface area (Å²) in [5.41, 5.74) is 2.05. The van der Waals surface area contributed by atoms with Crippen LogP contribution in [0, 0.1) is 6.92 Å². The summed E-state index contributed by atoms with van der Waals surface area (Å²) in [4.78, 5) is 25.3. The molecule has 2 aromatic carbocycles. The Morgan fingerprint density at radius 2 is 1.89 bits per heavy atom. The van der Waals surface area contributed by atoms with E-state index in [1.807, 2.05) is 25.3 Å². The maximum atomic E-state index is 12.8. The summed E-state index contributed by atoms with van der Waals surface area (Å²) in [6.45, 7) is 1.95. The smallest absolute Gasteiger partial charge is 0.251 e. The van der Waals surface area contributed by atoms with E-state index in [-0.39, 0.29) is 11.8 Å². The first-order valence-electron chi connectivity index (χ1n) is 8.45. The van der Waals surface area contributed by atoms with Gasteiger partial charge in [-0.15, -0.1) is 0 Å². The summed E-state index contributed by atoms with van der Waals surface area (Å²) in [7, 11) is 1.52. The fraction of sp³-hybridized carbons (Fsp3) is 0.300. The molecule has 2 rings (SSSR count). The van der Waals surface area contributed by atoms with Crippen LogP contribution in [0.3, 0.4) is 0 Å². The minimum absolute atomic E-state index is 0.283. The molecule has 144 valence electrons. The fourth-order valence-electron chi connectivity index (χ4n) is 2.45. The highest BCUT2D eigenvalue weighted by Crippen LogP contribution is 2.27. The molecule has 0 saturated carbocycles. The van der Waals surface area contributed by atoms with Gasteiger partial charge >= 0.3 is 0 Å². The van der Waals surface area contributed by atoms with Crippen molar-refractivity contribution in [3.05, 3.63) is 58.6 Å². The van der Waals surface area contributed by atoms with Crippen LogP contribution < -0.4 is 15.4 Å². The molecule has 0 fully saturated rings. The van der Waals surface area contributed by atoms with E-state index in [2.05, 4.69) is 10.6 Å². The largest absolute Gasteiger partial charge is 0.495 e. The lowest BCUT2D eigenvalue weighted by atomic mass is 10.1. The van der Waals surface area contributed by atoms with Gasteiger partial charge in [0.15, 0.2) is 0 Å². The van der Waals surface area contributed by atoms with Gasteiger partial charge in [0, 0.05) is 10.6 Å². The molecule has 0 bridgehead atoms. The van der Waals surface area contributed by atoms with Crippen LogP contribution in [-0.2, 0) is 4.79 Å².